The highest BCUT2D eigenvalue weighted by Crippen LogP contribution is 2.60. The maximum absolute atomic E-state index is 12.2. The highest BCUT2D eigenvalue weighted by atomic mass is 31.3. The molecule has 2 amide bonds. The zero-order chi connectivity index (χ0) is 22.3. The highest BCUT2D eigenvalue weighted by molar-refractivity contribution is 7.61. The van der Waals surface area contributed by atoms with Gasteiger partial charge in [-0.3, -0.25) is 14.3 Å². The first-order valence-electron chi connectivity index (χ1n) is 8.07. The van der Waals surface area contributed by atoms with Crippen molar-refractivity contribution in [1.29, 1.82) is 0 Å². The minimum atomic E-state index is -5.48. The molecule has 18 heteroatoms. The van der Waals surface area contributed by atoms with Gasteiger partial charge in [0.2, 0.25) is 0 Å². The molecule has 7 unspecified atom stereocenters. The van der Waals surface area contributed by atoms with Crippen molar-refractivity contribution in [3.05, 3.63) is 24.0 Å². The molecule has 1 saturated heterocycles. The van der Waals surface area contributed by atoms with Crippen LogP contribution in [0.25, 0.3) is 0 Å². The lowest BCUT2D eigenvalue weighted by Gasteiger charge is -2.33. The summed E-state index contributed by atoms with van der Waals surface area (Å²) in [5, 5.41) is 34.0. The summed E-state index contributed by atoms with van der Waals surface area (Å²) < 4.78 is 39.9. The van der Waals surface area contributed by atoms with Crippen LogP contribution in [0, 0.1) is 0 Å². The van der Waals surface area contributed by atoms with Crippen molar-refractivity contribution in [3.8, 4) is 0 Å². The van der Waals surface area contributed by atoms with Crippen LogP contribution in [-0.2, 0) is 27.2 Å². The average Bonchev–Trinajstić information content (AvgIpc) is 3.15. The molecule has 7 atom stereocenters. The van der Waals surface area contributed by atoms with E-state index in [0.717, 1.165) is 4.90 Å². The normalized spacial score (nSPS) is 34.3. The number of fused-ring (bicyclic) bond motifs is 1. The van der Waals surface area contributed by atoms with Gasteiger partial charge in [-0.05, 0) is 12.3 Å². The Balaban J connectivity index is 1.63. The Bertz CT molecular complexity index is 877. The van der Waals surface area contributed by atoms with Gasteiger partial charge in [0.15, 0.2) is 6.23 Å². The fourth-order valence-electron chi connectivity index (χ4n) is 2.82. The van der Waals surface area contributed by atoms with Crippen molar-refractivity contribution < 1.29 is 61.9 Å². The van der Waals surface area contributed by atoms with E-state index in [-0.39, 0.29) is 0 Å². The number of carbonyl (C=O) groups is 2. The molecule has 0 aromatic rings. The van der Waals surface area contributed by atoms with Gasteiger partial charge in [-0.15, -0.1) is 0 Å². The molecule has 0 aromatic carbocycles. The Kier molecular flexibility index (Phi) is 6.25. The fourth-order valence-corrected chi connectivity index (χ4v) is 4.71. The van der Waals surface area contributed by atoms with Crippen LogP contribution in [0.15, 0.2) is 24.0 Å². The number of carbonyl (C=O) groups excluding carboxylic acids is 1. The van der Waals surface area contributed by atoms with Crippen molar-refractivity contribution in [2.45, 2.75) is 30.7 Å². The van der Waals surface area contributed by atoms with Gasteiger partial charge in [-0.25, -0.2) is 18.7 Å². The number of urea groups is 1. The predicted octanol–water partition coefficient (Wildman–Crippen LogP) is -1.29. The number of nitrogens with zero attached hydrogens (tertiary/aromatic N) is 1. The van der Waals surface area contributed by atoms with E-state index in [1.54, 1.807) is 12.3 Å². The SMILES string of the molecule is O=C(O)OP(=O)(O)OP(=O)(O)OCC1OC(N2C=C3C=CNC3NC2=O)C(O)C1O. The molecule has 0 radical (unpaired) electrons. The standard InChI is InChI=1S/C12H17N3O13P2/c16-7-6(4-25-29(21,22)28-30(23,24)27-12(19)20)26-10(8(7)17)15-3-5-1-2-13-9(5)14-11(15)18/h1-3,6-10,13,16-17H,4H2,(H,14,18)(H,19,20)(H,21,22)(H,23,24). The minimum Gasteiger partial charge on any atom is -0.449 e. The Morgan fingerprint density at radius 1 is 1.23 bits per heavy atom. The fraction of sp³-hybridized carbons (Fsp3) is 0.500. The Hall–Kier alpha value is -2.00. The van der Waals surface area contributed by atoms with Crippen LogP contribution in [0.2, 0.25) is 0 Å². The van der Waals surface area contributed by atoms with Crippen molar-refractivity contribution in [2.24, 2.45) is 0 Å². The quantitative estimate of drug-likeness (QED) is 0.213. The molecule has 3 heterocycles. The molecule has 16 nitrogen and oxygen atoms in total. The van der Waals surface area contributed by atoms with Crippen LogP contribution >= 0.6 is 15.6 Å². The van der Waals surface area contributed by atoms with Crippen LogP contribution in [0.4, 0.5) is 9.59 Å². The molecule has 0 spiro atoms. The number of phosphoric ester groups is 2. The van der Waals surface area contributed by atoms with E-state index in [1.807, 2.05) is 0 Å². The summed E-state index contributed by atoms with van der Waals surface area (Å²) in [7, 11) is -10.8. The third kappa shape index (κ3) is 5.00. The molecule has 0 aromatic heterocycles. The Morgan fingerprint density at radius 3 is 2.60 bits per heavy atom. The number of carboxylic acid groups (broad SMARTS) is 1. The first-order valence-corrected chi connectivity index (χ1v) is 11.1. The van der Waals surface area contributed by atoms with Crippen molar-refractivity contribution >= 4 is 27.8 Å². The second-order valence-corrected chi connectivity index (χ2v) is 9.11. The van der Waals surface area contributed by atoms with Crippen molar-refractivity contribution in [2.75, 3.05) is 6.61 Å². The maximum atomic E-state index is 12.2. The summed E-state index contributed by atoms with van der Waals surface area (Å²) in [6.07, 6.45) is -4.29. The largest absolute Gasteiger partial charge is 0.540 e. The molecule has 0 bridgehead atoms. The second-order valence-electron chi connectivity index (χ2n) is 6.14. The van der Waals surface area contributed by atoms with Crippen LogP contribution in [0.5, 0.6) is 0 Å². The van der Waals surface area contributed by atoms with Gasteiger partial charge in [0.25, 0.3) is 0 Å². The number of rotatable bonds is 7. The topological polar surface area (TPSA) is 234 Å². The zero-order valence-electron chi connectivity index (χ0n) is 14.7. The van der Waals surface area contributed by atoms with Gasteiger partial charge in [0, 0.05) is 11.8 Å². The molecular formula is C12H17N3O13P2. The van der Waals surface area contributed by atoms with E-state index in [9.17, 15) is 33.8 Å². The van der Waals surface area contributed by atoms with Gasteiger partial charge >= 0.3 is 27.8 Å². The Labute approximate surface area is 167 Å². The number of amides is 2. The van der Waals surface area contributed by atoms with Gasteiger partial charge in [0.1, 0.15) is 24.5 Å². The molecule has 1 fully saturated rings. The number of aliphatic hydroxyl groups excluding tert-OH is 2. The van der Waals surface area contributed by atoms with Crippen LogP contribution in [0.1, 0.15) is 0 Å². The number of hydrogen-bond donors (Lipinski definition) is 7. The number of hydrogen-bond acceptors (Lipinski definition) is 11. The minimum absolute atomic E-state index is 0.462. The van der Waals surface area contributed by atoms with Gasteiger partial charge in [-0.1, -0.05) is 0 Å². The summed E-state index contributed by atoms with van der Waals surface area (Å²) in [4.78, 5) is 41.9. The maximum Gasteiger partial charge on any atom is 0.540 e. The number of nitrogens with one attached hydrogen (secondary N) is 2. The average molecular weight is 473 g/mol. The molecule has 0 aliphatic carbocycles. The van der Waals surface area contributed by atoms with Crippen molar-refractivity contribution in [1.82, 2.24) is 15.5 Å². The van der Waals surface area contributed by atoms with Crippen LogP contribution < -0.4 is 10.6 Å². The monoisotopic (exact) mass is 473 g/mol. The molecule has 3 aliphatic heterocycles. The van der Waals surface area contributed by atoms with Gasteiger partial charge in [0.05, 0.1) is 6.61 Å². The Morgan fingerprint density at radius 2 is 1.93 bits per heavy atom. The number of aliphatic hydroxyl groups is 2. The first-order chi connectivity index (χ1) is 13.9. The van der Waals surface area contributed by atoms with Crippen molar-refractivity contribution in [3.63, 3.8) is 0 Å². The lowest BCUT2D eigenvalue weighted by molar-refractivity contribution is -0.0657. The summed E-state index contributed by atoms with van der Waals surface area (Å²) in [6.45, 7) is -0.939. The van der Waals surface area contributed by atoms with Crippen LogP contribution in [0.3, 0.4) is 0 Å². The summed E-state index contributed by atoms with van der Waals surface area (Å²) >= 11 is 0. The summed E-state index contributed by atoms with van der Waals surface area (Å²) in [5.74, 6) is 0. The molecular weight excluding hydrogens is 456 g/mol. The van der Waals surface area contributed by atoms with Gasteiger partial charge in [-0.2, -0.15) is 4.31 Å². The molecule has 3 aliphatic rings. The van der Waals surface area contributed by atoms with E-state index < -0.39 is 65.1 Å². The first kappa shape index (κ1) is 22.7. The lowest BCUT2D eigenvalue weighted by atomic mass is 10.1. The van der Waals surface area contributed by atoms with Gasteiger partial charge < -0.3 is 40.1 Å². The highest BCUT2D eigenvalue weighted by Gasteiger charge is 2.49. The van der Waals surface area contributed by atoms with E-state index >= 15 is 0 Å². The third-order valence-corrected chi connectivity index (χ3v) is 6.59. The van der Waals surface area contributed by atoms with E-state index in [2.05, 4.69) is 24.0 Å². The molecule has 168 valence electrons. The molecule has 7 N–H and O–H groups in total. The number of phosphoric acid groups is 2. The summed E-state index contributed by atoms with van der Waals surface area (Å²) in [5.41, 5.74) is 0.630. The molecule has 30 heavy (non-hydrogen) atoms. The number of ether oxygens (including phenoxy) is 1. The lowest BCUT2D eigenvalue weighted by Crippen LogP contribution is -2.56. The van der Waals surface area contributed by atoms with E-state index in [0.29, 0.717) is 5.57 Å². The third-order valence-electron chi connectivity index (χ3n) is 4.08. The zero-order valence-corrected chi connectivity index (χ0v) is 16.5. The van der Waals surface area contributed by atoms with E-state index in [4.69, 9.17) is 14.7 Å². The second kappa shape index (κ2) is 8.26. The molecule has 0 saturated carbocycles. The predicted molar refractivity (Wildman–Crippen MR) is 91.0 cm³/mol. The smallest absolute Gasteiger partial charge is 0.449 e. The summed E-state index contributed by atoms with van der Waals surface area (Å²) in [6, 6.07) is -0.666. The van der Waals surface area contributed by atoms with E-state index in [1.165, 1.54) is 6.20 Å². The molecule has 3 rings (SSSR count). The van der Waals surface area contributed by atoms with Crippen LogP contribution in [-0.4, -0.2) is 79.5 Å².